The number of hydrogen-bond donors (Lipinski definition) is 2. The molecule has 0 aliphatic carbocycles. The first-order valence-electron chi connectivity index (χ1n) is 10.1. The van der Waals surface area contributed by atoms with Crippen molar-refractivity contribution >= 4 is 23.2 Å². The average Bonchev–Trinajstić information content (AvgIpc) is 3.20. The molecule has 0 radical (unpaired) electrons. The van der Waals surface area contributed by atoms with Crippen molar-refractivity contribution in [2.24, 2.45) is 5.92 Å². The highest BCUT2D eigenvalue weighted by atomic mass is 16.2. The van der Waals surface area contributed by atoms with E-state index in [1.54, 1.807) is 24.3 Å². The largest absolute Gasteiger partial charge is 0.326 e. The van der Waals surface area contributed by atoms with Crippen molar-refractivity contribution < 1.29 is 9.59 Å². The van der Waals surface area contributed by atoms with E-state index in [9.17, 15) is 9.59 Å². The molecule has 0 spiro atoms. The van der Waals surface area contributed by atoms with Crippen LogP contribution in [0.25, 0.3) is 0 Å². The van der Waals surface area contributed by atoms with Crippen LogP contribution in [0.3, 0.4) is 0 Å². The fraction of sp³-hybridized carbons (Fsp3) is 0.391. The molecule has 2 N–H and O–H groups in total. The van der Waals surface area contributed by atoms with Crippen LogP contribution in [-0.2, 0) is 11.3 Å². The van der Waals surface area contributed by atoms with E-state index in [1.807, 2.05) is 32.0 Å². The third kappa shape index (κ3) is 5.42. The SMILES string of the molecule is CCC(C)C(=O)Nc1cccc(C(=O)Nc2cccc(CN3CCCC3)c2)c1. The highest BCUT2D eigenvalue weighted by Gasteiger charge is 2.14. The highest BCUT2D eigenvalue weighted by molar-refractivity contribution is 6.05. The van der Waals surface area contributed by atoms with E-state index in [4.69, 9.17) is 0 Å². The Labute approximate surface area is 167 Å². The molecule has 5 nitrogen and oxygen atoms in total. The maximum Gasteiger partial charge on any atom is 0.255 e. The van der Waals surface area contributed by atoms with Gasteiger partial charge >= 0.3 is 0 Å². The van der Waals surface area contributed by atoms with Crippen LogP contribution in [0.1, 0.15) is 49.0 Å². The van der Waals surface area contributed by atoms with Crippen molar-refractivity contribution in [3.05, 3.63) is 59.7 Å². The summed E-state index contributed by atoms with van der Waals surface area (Å²) in [6.45, 7) is 7.07. The molecule has 1 atom stereocenters. The smallest absolute Gasteiger partial charge is 0.255 e. The molecular weight excluding hydrogens is 350 g/mol. The number of nitrogens with zero attached hydrogens (tertiary/aromatic N) is 1. The Bertz CT molecular complexity index is 828. The van der Waals surface area contributed by atoms with Crippen molar-refractivity contribution in [3.63, 3.8) is 0 Å². The Morgan fingerprint density at radius 3 is 2.39 bits per heavy atom. The standard InChI is InChI=1S/C23H29N3O2/c1-3-17(2)22(27)24-21-11-7-9-19(15-21)23(28)25-20-10-6-8-18(14-20)16-26-12-4-5-13-26/h6-11,14-15,17H,3-5,12-13,16H2,1-2H3,(H,24,27)(H,25,28). The molecule has 1 aliphatic rings. The zero-order chi connectivity index (χ0) is 19.9. The second-order valence-electron chi connectivity index (χ2n) is 7.52. The Hall–Kier alpha value is -2.66. The van der Waals surface area contributed by atoms with Crippen molar-refractivity contribution in [3.8, 4) is 0 Å². The van der Waals surface area contributed by atoms with E-state index < -0.39 is 0 Å². The van der Waals surface area contributed by atoms with Gasteiger partial charge in [-0.2, -0.15) is 0 Å². The van der Waals surface area contributed by atoms with Gasteiger partial charge in [-0.15, -0.1) is 0 Å². The second-order valence-corrected chi connectivity index (χ2v) is 7.52. The number of carbonyl (C=O) groups excluding carboxylic acids is 2. The lowest BCUT2D eigenvalue weighted by Gasteiger charge is -2.15. The molecule has 1 heterocycles. The molecule has 2 amide bonds. The Balaban J connectivity index is 1.64. The topological polar surface area (TPSA) is 61.4 Å². The summed E-state index contributed by atoms with van der Waals surface area (Å²) in [7, 11) is 0. The van der Waals surface area contributed by atoms with Crippen LogP contribution >= 0.6 is 0 Å². The van der Waals surface area contributed by atoms with Gasteiger partial charge in [0, 0.05) is 29.4 Å². The van der Waals surface area contributed by atoms with Gasteiger partial charge < -0.3 is 10.6 Å². The Morgan fingerprint density at radius 2 is 1.68 bits per heavy atom. The second kappa shape index (κ2) is 9.51. The van der Waals surface area contributed by atoms with Crippen LogP contribution in [0.2, 0.25) is 0 Å². The Morgan fingerprint density at radius 1 is 1.00 bits per heavy atom. The van der Waals surface area contributed by atoms with Gasteiger partial charge in [-0.25, -0.2) is 0 Å². The fourth-order valence-electron chi connectivity index (χ4n) is 3.34. The van der Waals surface area contributed by atoms with Crippen molar-refractivity contribution in [2.75, 3.05) is 23.7 Å². The van der Waals surface area contributed by atoms with Gasteiger partial charge in [0.2, 0.25) is 5.91 Å². The zero-order valence-corrected chi connectivity index (χ0v) is 16.7. The van der Waals surface area contributed by atoms with Gasteiger partial charge in [-0.3, -0.25) is 14.5 Å². The molecule has 2 aromatic carbocycles. The monoisotopic (exact) mass is 379 g/mol. The summed E-state index contributed by atoms with van der Waals surface area (Å²) >= 11 is 0. The van der Waals surface area contributed by atoms with Crippen molar-refractivity contribution in [1.82, 2.24) is 4.90 Å². The quantitative estimate of drug-likeness (QED) is 0.743. The van der Waals surface area contributed by atoms with E-state index in [-0.39, 0.29) is 17.7 Å². The first-order valence-corrected chi connectivity index (χ1v) is 10.1. The maximum atomic E-state index is 12.7. The minimum Gasteiger partial charge on any atom is -0.326 e. The van der Waals surface area contributed by atoms with E-state index >= 15 is 0 Å². The van der Waals surface area contributed by atoms with Gasteiger partial charge in [0.1, 0.15) is 0 Å². The predicted octanol–water partition coefficient (Wildman–Crippen LogP) is 4.52. The maximum absolute atomic E-state index is 12.7. The lowest BCUT2D eigenvalue weighted by Crippen LogP contribution is -2.20. The van der Waals surface area contributed by atoms with Crippen molar-refractivity contribution in [2.45, 2.75) is 39.7 Å². The van der Waals surface area contributed by atoms with Gasteiger partial charge in [0.25, 0.3) is 5.91 Å². The summed E-state index contributed by atoms with van der Waals surface area (Å²) in [5, 5.41) is 5.84. The lowest BCUT2D eigenvalue weighted by atomic mass is 10.1. The third-order valence-corrected chi connectivity index (χ3v) is 5.24. The highest BCUT2D eigenvalue weighted by Crippen LogP contribution is 2.18. The summed E-state index contributed by atoms with van der Waals surface area (Å²) in [6, 6.07) is 15.1. The van der Waals surface area contributed by atoms with Gasteiger partial charge in [0.15, 0.2) is 0 Å². The lowest BCUT2D eigenvalue weighted by molar-refractivity contribution is -0.119. The molecule has 28 heavy (non-hydrogen) atoms. The summed E-state index contributed by atoms with van der Waals surface area (Å²) in [4.78, 5) is 27.2. The van der Waals surface area contributed by atoms with E-state index in [0.717, 1.165) is 31.7 Å². The molecule has 3 rings (SSSR count). The Kier molecular flexibility index (Phi) is 6.82. The molecule has 1 fully saturated rings. The fourth-order valence-corrected chi connectivity index (χ4v) is 3.34. The van der Waals surface area contributed by atoms with Crippen LogP contribution < -0.4 is 10.6 Å². The molecule has 0 saturated carbocycles. The number of amides is 2. The molecular formula is C23H29N3O2. The summed E-state index contributed by atoms with van der Waals surface area (Å²) < 4.78 is 0. The minimum absolute atomic E-state index is 0.0327. The molecule has 1 unspecified atom stereocenters. The molecule has 2 aromatic rings. The normalized spacial score (nSPS) is 15.2. The zero-order valence-electron chi connectivity index (χ0n) is 16.7. The molecule has 1 aliphatic heterocycles. The van der Waals surface area contributed by atoms with E-state index in [1.165, 1.54) is 18.4 Å². The number of likely N-dealkylation sites (tertiary alicyclic amines) is 1. The first kappa shape index (κ1) is 20.1. The van der Waals surface area contributed by atoms with Crippen molar-refractivity contribution in [1.29, 1.82) is 0 Å². The first-order chi connectivity index (χ1) is 13.5. The van der Waals surface area contributed by atoms with E-state index in [0.29, 0.717) is 11.3 Å². The third-order valence-electron chi connectivity index (χ3n) is 5.24. The summed E-state index contributed by atoms with van der Waals surface area (Å²) in [5.41, 5.74) is 3.15. The van der Waals surface area contributed by atoms with Crippen LogP contribution in [0.5, 0.6) is 0 Å². The van der Waals surface area contributed by atoms with Gasteiger partial charge in [-0.1, -0.05) is 32.0 Å². The molecule has 5 heteroatoms. The minimum atomic E-state index is -0.182. The van der Waals surface area contributed by atoms with Gasteiger partial charge in [0.05, 0.1) is 0 Å². The number of nitrogens with one attached hydrogen (secondary N) is 2. The van der Waals surface area contributed by atoms with Crippen LogP contribution in [0, 0.1) is 5.92 Å². The number of carbonyl (C=O) groups is 2. The molecule has 148 valence electrons. The molecule has 1 saturated heterocycles. The predicted molar refractivity (Wildman–Crippen MR) is 113 cm³/mol. The average molecular weight is 380 g/mol. The summed E-state index contributed by atoms with van der Waals surface area (Å²) in [5.74, 6) is -0.275. The number of anilines is 2. The number of rotatable bonds is 7. The number of hydrogen-bond acceptors (Lipinski definition) is 3. The molecule has 0 bridgehead atoms. The van der Waals surface area contributed by atoms with Crippen LogP contribution in [0.4, 0.5) is 11.4 Å². The van der Waals surface area contributed by atoms with Gasteiger partial charge in [-0.05, 0) is 68.2 Å². The molecule has 0 aromatic heterocycles. The van der Waals surface area contributed by atoms with Crippen LogP contribution in [0.15, 0.2) is 48.5 Å². The van der Waals surface area contributed by atoms with E-state index in [2.05, 4.69) is 21.6 Å². The van der Waals surface area contributed by atoms with Crippen LogP contribution in [-0.4, -0.2) is 29.8 Å². The number of benzene rings is 2. The summed E-state index contributed by atoms with van der Waals surface area (Å²) in [6.07, 6.45) is 3.31.